The first-order valence-electron chi connectivity index (χ1n) is 12.1. The number of nitrogens with zero attached hydrogens (tertiary/aromatic N) is 5. The Hall–Kier alpha value is -3.00. The molecule has 3 aromatic rings. The van der Waals surface area contributed by atoms with Gasteiger partial charge in [0.15, 0.2) is 0 Å². The van der Waals surface area contributed by atoms with Crippen molar-refractivity contribution in [1.29, 1.82) is 0 Å². The Morgan fingerprint density at radius 1 is 0.925 bits per heavy atom. The first-order valence-corrected chi connectivity index (χ1v) is 15.8. The Labute approximate surface area is 244 Å². The van der Waals surface area contributed by atoms with Gasteiger partial charge >= 0.3 is 0 Å². The number of hydrogen-bond donors (Lipinski definition) is 1. The lowest BCUT2D eigenvalue weighted by Crippen LogP contribution is -2.44. The van der Waals surface area contributed by atoms with Crippen LogP contribution in [0.5, 0.6) is 0 Å². The quantitative estimate of drug-likeness (QED) is 0.302. The molecule has 1 aliphatic rings. The molecule has 0 saturated carbocycles. The minimum absolute atomic E-state index is 0.0148. The second kappa shape index (κ2) is 12.2. The van der Waals surface area contributed by atoms with Crippen molar-refractivity contribution in [3.8, 4) is 0 Å². The van der Waals surface area contributed by atoms with Crippen LogP contribution in [0.4, 0.5) is 0 Å². The summed E-state index contributed by atoms with van der Waals surface area (Å²) in [5.74, 6) is -0.200. The van der Waals surface area contributed by atoms with Crippen molar-refractivity contribution in [2.75, 3.05) is 33.7 Å². The van der Waals surface area contributed by atoms with Crippen molar-refractivity contribution in [2.45, 2.75) is 10.8 Å². The zero-order valence-electron chi connectivity index (χ0n) is 21.7. The lowest BCUT2D eigenvalue weighted by molar-refractivity contribution is 0.349. The van der Waals surface area contributed by atoms with E-state index < -0.39 is 20.2 Å². The third-order valence-electron chi connectivity index (χ3n) is 6.33. The molecular formula is C26H28Cl2N6O4S2. The summed E-state index contributed by atoms with van der Waals surface area (Å²) in [5.41, 5.74) is 2.50. The minimum atomic E-state index is -4.19. The summed E-state index contributed by atoms with van der Waals surface area (Å²) >= 11 is 12.1. The summed E-state index contributed by atoms with van der Waals surface area (Å²) in [5, 5.41) is 12.5. The van der Waals surface area contributed by atoms with E-state index in [0.29, 0.717) is 15.8 Å². The van der Waals surface area contributed by atoms with Crippen LogP contribution in [-0.4, -0.2) is 76.5 Å². The molecule has 0 amide bonds. The second-order valence-electron chi connectivity index (χ2n) is 9.15. The van der Waals surface area contributed by atoms with E-state index in [1.807, 2.05) is 42.5 Å². The fourth-order valence-corrected chi connectivity index (χ4v) is 5.68. The highest BCUT2D eigenvalue weighted by Crippen LogP contribution is 2.30. The van der Waals surface area contributed by atoms with Crippen LogP contribution in [0.3, 0.4) is 0 Å². The Bertz CT molecular complexity index is 1620. The number of likely N-dealkylation sites (N-methyl/N-ethyl adjacent to an activating group) is 2. The SMILES string of the molecule is CN(CCN(C)S(N)(=O)=O)/C(=N\S(=O)(=O)c1ccc(Cl)cc1)N1C[C@@H](c2ccccc2)C(c2ccc(Cl)cc2)=N1. The lowest BCUT2D eigenvalue weighted by Gasteiger charge is -2.28. The van der Waals surface area contributed by atoms with Gasteiger partial charge in [0.25, 0.3) is 20.2 Å². The van der Waals surface area contributed by atoms with E-state index in [-0.39, 0.29) is 36.4 Å². The van der Waals surface area contributed by atoms with Gasteiger partial charge in [-0.3, -0.25) is 0 Å². The summed E-state index contributed by atoms with van der Waals surface area (Å²) < 4.78 is 55.4. The summed E-state index contributed by atoms with van der Waals surface area (Å²) in [6.45, 7) is 0.353. The molecule has 0 radical (unpaired) electrons. The number of halogens is 2. The van der Waals surface area contributed by atoms with Crippen LogP contribution in [0.1, 0.15) is 17.0 Å². The van der Waals surface area contributed by atoms with Gasteiger partial charge in [0.1, 0.15) is 0 Å². The lowest BCUT2D eigenvalue weighted by atomic mass is 9.91. The van der Waals surface area contributed by atoms with Gasteiger partial charge in [-0.15, -0.1) is 4.40 Å². The molecule has 0 unspecified atom stereocenters. The molecule has 0 aliphatic carbocycles. The van der Waals surface area contributed by atoms with Crippen LogP contribution in [-0.2, 0) is 20.2 Å². The Morgan fingerprint density at radius 3 is 2.08 bits per heavy atom. The average molecular weight is 624 g/mol. The predicted molar refractivity (Wildman–Crippen MR) is 158 cm³/mol. The molecule has 40 heavy (non-hydrogen) atoms. The Balaban J connectivity index is 1.78. The van der Waals surface area contributed by atoms with Crippen LogP contribution in [0.2, 0.25) is 10.0 Å². The molecular weight excluding hydrogens is 595 g/mol. The molecule has 2 N–H and O–H groups in total. The molecule has 3 aromatic carbocycles. The van der Waals surface area contributed by atoms with Gasteiger partial charge in [-0.1, -0.05) is 65.7 Å². The third kappa shape index (κ3) is 7.19. The minimum Gasteiger partial charge on any atom is -0.342 e. The molecule has 14 heteroatoms. The van der Waals surface area contributed by atoms with Crippen molar-refractivity contribution in [1.82, 2.24) is 14.2 Å². The average Bonchev–Trinajstić information content (AvgIpc) is 3.36. The topological polar surface area (TPSA) is 129 Å². The first-order chi connectivity index (χ1) is 18.8. The predicted octanol–water partition coefficient (Wildman–Crippen LogP) is 3.61. The number of hydrogen-bond acceptors (Lipinski definition) is 5. The summed E-state index contributed by atoms with van der Waals surface area (Å²) in [4.78, 5) is 1.48. The molecule has 1 heterocycles. The number of benzene rings is 3. The maximum Gasteiger partial charge on any atom is 0.285 e. The molecule has 212 valence electrons. The van der Waals surface area contributed by atoms with Crippen molar-refractivity contribution in [3.05, 3.63) is 100 Å². The van der Waals surface area contributed by atoms with Gasteiger partial charge in [0, 0.05) is 43.1 Å². The van der Waals surface area contributed by atoms with Crippen LogP contribution >= 0.6 is 23.2 Å². The van der Waals surface area contributed by atoms with E-state index in [0.717, 1.165) is 15.4 Å². The largest absolute Gasteiger partial charge is 0.342 e. The van der Waals surface area contributed by atoms with Gasteiger partial charge in [-0.05, 0) is 47.5 Å². The van der Waals surface area contributed by atoms with Crippen LogP contribution in [0, 0.1) is 0 Å². The molecule has 1 atom stereocenters. The molecule has 10 nitrogen and oxygen atoms in total. The third-order valence-corrected chi connectivity index (χ3v) is 9.15. The number of hydrazone groups is 1. The zero-order chi connectivity index (χ0) is 29.1. The van der Waals surface area contributed by atoms with Gasteiger partial charge in [-0.25, -0.2) is 10.1 Å². The smallest absolute Gasteiger partial charge is 0.285 e. The molecule has 0 saturated heterocycles. The standard InChI is InChI=1S/C26H28Cl2N6O4S2/c1-32(16-17-33(2)40(29,37)38)26(31-39(35,36)23-14-12-22(28)13-15-23)34-18-24(19-6-4-3-5-7-19)25(30-34)20-8-10-21(27)11-9-20/h3-15,24H,16-18H2,1-2H3,(H2,29,37,38)/b31-26+/t24-/m0/s1. The monoisotopic (exact) mass is 622 g/mol. The second-order valence-corrected chi connectivity index (χ2v) is 13.3. The maximum absolute atomic E-state index is 13.4. The van der Waals surface area contributed by atoms with E-state index in [1.54, 1.807) is 19.2 Å². The Morgan fingerprint density at radius 2 is 1.50 bits per heavy atom. The van der Waals surface area contributed by atoms with E-state index in [9.17, 15) is 16.8 Å². The molecule has 0 fully saturated rings. The van der Waals surface area contributed by atoms with E-state index in [4.69, 9.17) is 33.4 Å². The summed E-state index contributed by atoms with van der Waals surface area (Å²) in [6, 6.07) is 22.6. The highest BCUT2D eigenvalue weighted by molar-refractivity contribution is 7.90. The molecule has 1 aliphatic heterocycles. The van der Waals surface area contributed by atoms with E-state index in [2.05, 4.69) is 4.40 Å². The van der Waals surface area contributed by atoms with Crippen molar-refractivity contribution < 1.29 is 16.8 Å². The maximum atomic E-state index is 13.4. The normalized spacial score (nSPS) is 16.4. The van der Waals surface area contributed by atoms with Gasteiger partial charge in [0.05, 0.1) is 17.2 Å². The zero-order valence-corrected chi connectivity index (χ0v) is 24.9. The molecule has 0 bridgehead atoms. The van der Waals surface area contributed by atoms with E-state index in [1.165, 1.54) is 41.2 Å². The number of rotatable bonds is 8. The number of sulfonamides is 1. The Kier molecular flexibility index (Phi) is 9.18. The molecule has 0 spiro atoms. The molecule has 0 aromatic heterocycles. The summed E-state index contributed by atoms with van der Waals surface area (Å²) in [7, 11) is -5.18. The highest BCUT2D eigenvalue weighted by Gasteiger charge is 2.34. The fraction of sp³-hybridized carbons (Fsp3) is 0.231. The summed E-state index contributed by atoms with van der Waals surface area (Å²) in [6.07, 6.45) is 0. The van der Waals surface area contributed by atoms with Gasteiger partial charge < -0.3 is 4.90 Å². The van der Waals surface area contributed by atoms with Gasteiger partial charge in [0.2, 0.25) is 5.96 Å². The van der Waals surface area contributed by atoms with Crippen LogP contribution in [0.25, 0.3) is 0 Å². The van der Waals surface area contributed by atoms with Crippen LogP contribution < -0.4 is 5.14 Å². The van der Waals surface area contributed by atoms with Crippen molar-refractivity contribution in [3.63, 3.8) is 0 Å². The first kappa shape index (κ1) is 30.0. The fourth-order valence-electron chi connectivity index (χ4n) is 4.05. The molecule has 4 rings (SSSR count). The number of guanidine groups is 1. The highest BCUT2D eigenvalue weighted by atomic mass is 35.5. The van der Waals surface area contributed by atoms with E-state index >= 15 is 0 Å². The number of nitrogens with two attached hydrogens (primary N) is 1. The van der Waals surface area contributed by atoms with Crippen molar-refractivity contribution >= 4 is 55.1 Å². The van der Waals surface area contributed by atoms with Crippen LogP contribution in [0.15, 0.2) is 93.3 Å². The van der Waals surface area contributed by atoms with Gasteiger partial charge in [-0.2, -0.15) is 26.2 Å². The van der Waals surface area contributed by atoms with Crippen molar-refractivity contribution in [2.24, 2.45) is 14.6 Å².